The molecule has 0 bridgehead atoms. The van der Waals surface area contributed by atoms with Crippen LogP contribution in [0.4, 0.5) is 0 Å². The molecule has 1 aliphatic heterocycles. The Hall–Kier alpha value is -2.33. The summed E-state index contributed by atoms with van der Waals surface area (Å²) in [7, 11) is 0. The Labute approximate surface area is 123 Å². The van der Waals surface area contributed by atoms with Crippen LogP contribution in [0.25, 0.3) is 11.3 Å². The molecule has 0 unspecified atom stereocenters. The van der Waals surface area contributed by atoms with Crippen LogP contribution in [0.1, 0.15) is 16.9 Å². The number of rotatable bonds is 3. The maximum absolute atomic E-state index is 5.53. The minimum absolute atomic E-state index is 0.869. The SMILES string of the molecule is c1ccc(-c2noc3c2CN(Cc2ccoc2)CC3)cc1. The van der Waals surface area contributed by atoms with Crippen molar-refractivity contribution < 1.29 is 8.94 Å². The molecule has 106 valence electrons. The van der Waals surface area contributed by atoms with Crippen molar-refractivity contribution in [2.24, 2.45) is 0 Å². The van der Waals surface area contributed by atoms with Gasteiger partial charge in [-0.05, 0) is 6.07 Å². The average Bonchev–Trinajstić information content (AvgIpc) is 3.17. The number of furan rings is 1. The summed E-state index contributed by atoms with van der Waals surface area (Å²) in [5, 5.41) is 4.28. The largest absolute Gasteiger partial charge is 0.472 e. The second-order valence-electron chi connectivity index (χ2n) is 5.39. The lowest BCUT2D eigenvalue weighted by atomic mass is 10.0. The monoisotopic (exact) mass is 280 g/mol. The second-order valence-corrected chi connectivity index (χ2v) is 5.39. The van der Waals surface area contributed by atoms with Crippen LogP contribution in [-0.2, 0) is 19.5 Å². The van der Waals surface area contributed by atoms with Gasteiger partial charge in [0.15, 0.2) is 0 Å². The predicted octanol–water partition coefficient (Wildman–Crippen LogP) is 3.49. The molecule has 2 aromatic heterocycles. The molecule has 21 heavy (non-hydrogen) atoms. The van der Waals surface area contributed by atoms with Gasteiger partial charge < -0.3 is 8.94 Å². The highest BCUT2D eigenvalue weighted by atomic mass is 16.5. The van der Waals surface area contributed by atoms with Crippen LogP contribution in [0.3, 0.4) is 0 Å². The molecule has 4 nitrogen and oxygen atoms in total. The lowest BCUT2D eigenvalue weighted by Gasteiger charge is -2.25. The maximum atomic E-state index is 5.53. The molecular formula is C17H16N2O2. The molecule has 3 heterocycles. The van der Waals surface area contributed by atoms with Gasteiger partial charge in [-0.25, -0.2) is 0 Å². The first kappa shape index (κ1) is 12.4. The summed E-state index contributed by atoms with van der Waals surface area (Å²) in [6.45, 7) is 2.76. The van der Waals surface area contributed by atoms with Gasteiger partial charge in [0.05, 0.1) is 12.5 Å². The zero-order chi connectivity index (χ0) is 14.1. The van der Waals surface area contributed by atoms with Crippen LogP contribution in [0.2, 0.25) is 0 Å². The first-order valence-corrected chi connectivity index (χ1v) is 7.16. The molecule has 0 spiro atoms. The summed E-state index contributed by atoms with van der Waals surface area (Å²) in [5.74, 6) is 1.03. The third-order valence-electron chi connectivity index (χ3n) is 3.94. The number of aromatic nitrogens is 1. The van der Waals surface area contributed by atoms with Crippen molar-refractivity contribution in [3.8, 4) is 11.3 Å². The fourth-order valence-electron chi connectivity index (χ4n) is 2.86. The summed E-state index contributed by atoms with van der Waals surface area (Å²) in [4.78, 5) is 2.40. The Bertz CT molecular complexity index is 717. The third kappa shape index (κ3) is 2.38. The molecule has 0 N–H and O–H groups in total. The van der Waals surface area contributed by atoms with Gasteiger partial charge in [-0.15, -0.1) is 0 Å². The van der Waals surface area contributed by atoms with Crippen molar-refractivity contribution >= 4 is 0 Å². The number of hydrogen-bond donors (Lipinski definition) is 0. The van der Waals surface area contributed by atoms with Gasteiger partial charge in [-0.1, -0.05) is 35.5 Å². The van der Waals surface area contributed by atoms with E-state index in [1.807, 2.05) is 24.3 Å². The van der Waals surface area contributed by atoms with Crippen molar-refractivity contribution in [1.82, 2.24) is 10.1 Å². The molecule has 4 rings (SSSR count). The predicted molar refractivity (Wildman–Crippen MR) is 78.5 cm³/mol. The van der Waals surface area contributed by atoms with Crippen LogP contribution >= 0.6 is 0 Å². The quantitative estimate of drug-likeness (QED) is 0.736. The van der Waals surface area contributed by atoms with E-state index in [1.54, 1.807) is 12.5 Å². The smallest absolute Gasteiger partial charge is 0.143 e. The molecule has 0 saturated heterocycles. The molecule has 0 atom stereocenters. The van der Waals surface area contributed by atoms with Gasteiger partial charge in [0, 0.05) is 42.7 Å². The highest BCUT2D eigenvalue weighted by Crippen LogP contribution is 2.30. The number of nitrogens with zero attached hydrogens (tertiary/aromatic N) is 2. The summed E-state index contributed by atoms with van der Waals surface area (Å²) >= 11 is 0. The maximum Gasteiger partial charge on any atom is 0.143 e. The molecule has 0 radical (unpaired) electrons. The highest BCUT2D eigenvalue weighted by molar-refractivity contribution is 5.63. The van der Waals surface area contributed by atoms with Crippen molar-refractivity contribution in [2.75, 3.05) is 6.54 Å². The van der Waals surface area contributed by atoms with Crippen LogP contribution in [0, 0.1) is 0 Å². The van der Waals surface area contributed by atoms with Gasteiger partial charge in [-0.2, -0.15) is 0 Å². The first-order chi connectivity index (χ1) is 10.4. The standard InChI is InChI=1S/C17H16N2O2/c1-2-4-14(5-3-1)17-15-11-19(8-6-16(15)21-18-17)10-13-7-9-20-12-13/h1-5,7,9,12H,6,8,10-11H2. The Morgan fingerprint density at radius 2 is 2.05 bits per heavy atom. The summed E-state index contributed by atoms with van der Waals surface area (Å²) in [5.41, 5.74) is 4.52. The first-order valence-electron chi connectivity index (χ1n) is 7.16. The Morgan fingerprint density at radius 3 is 2.86 bits per heavy atom. The van der Waals surface area contributed by atoms with Crippen molar-refractivity contribution in [2.45, 2.75) is 19.5 Å². The molecule has 1 aliphatic rings. The Morgan fingerprint density at radius 1 is 1.14 bits per heavy atom. The number of benzene rings is 1. The van der Waals surface area contributed by atoms with Crippen molar-refractivity contribution in [1.29, 1.82) is 0 Å². The van der Waals surface area contributed by atoms with Crippen LogP contribution in [0.15, 0.2) is 57.9 Å². The molecule has 0 amide bonds. The Kier molecular flexibility index (Phi) is 3.09. The minimum atomic E-state index is 0.869. The lowest BCUT2D eigenvalue weighted by Crippen LogP contribution is -2.29. The van der Waals surface area contributed by atoms with Gasteiger partial charge in [-0.3, -0.25) is 4.90 Å². The molecule has 4 heteroatoms. The fraction of sp³-hybridized carbons (Fsp3) is 0.235. The van der Waals surface area contributed by atoms with E-state index in [9.17, 15) is 0 Å². The minimum Gasteiger partial charge on any atom is -0.472 e. The summed E-state index contributed by atoms with van der Waals surface area (Å²) < 4.78 is 10.7. The molecular weight excluding hydrogens is 264 g/mol. The van der Waals surface area contributed by atoms with Crippen molar-refractivity contribution in [3.63, 3.8) is 0 Å². The zero-order valence-electron chi connectivity index (χ0n) is 11.7. The van der Waals surface area contributed by atoms with Gasteiger partial charge >= 0.3 is 0 Å². The van der Waals surface area contributed by atoms with E-state index in [1.165, 1.54) is 11.1 Å². The van der Waals surface area contributed by atoms with Crippen molar-refractivity contribution in [3.05, 3.63) is 65.8 Å². The van der Waals surface area contributed by atoms with E-state index in [4.69, 9.17) is 8.94 Å². The molecule has 0 saturated carbocycles. The van der Waals surface area contributed by atoms with Crippen LogP contribution in [0.5, 0.6) is 0 Å². The van der Waals surface area contributed by atoms with Gasteiger partial charge in [0.25, 0.3) is 0 Å². The lowest BCUT2D eigenvalue weighted by molar-refractivity contribution is 0.228. The normalized spacial score (nSPS) is 15.0. The van der Waals surface area contributed by atoms with E-state index in [-0.39, 0.29) is 0 Å². The second kappa shape index (κ2) is 5.22. The van der Waals surface area contributed by atoms with E-state index in [2.05, 4.69) is 22.2 Å². The number of fused-ring (bicyclic) bond motifs is 1. The molecule has 3 aromatic rings. The van der Waals surface area contributed by atoms with E-state index >= 15 is 0 Å². The summed E-state index contributed by atoms with van der Waals surface area (Å²) in [6.07, 6.45) is 4.44. The Balaban J connectivity index is 1.61. The zero-order valence-corrected chi connectivity index (χ0v) is 11.7. The molecule has 1 aromatic carbocycles. The van der Waals surface area contributed by atoms with Crippen LogP contribution < -0.4 is 0 Å². The van der Waals surface area contributed by atoms with E-state index in [0.29, 0.717) is 0 Å². The van der Waals surface area contributed by atoms with Gasteiger partial charge in [0.2, 0.25) is 0 Å². The third-order valence-corrected chi connectivity index (χ3v) is 3.94. The van der Waals surface area contributed by atoms with E-state index < -0.39 is 0 Å². The average molecular weight is 280 g/mol. The highest BCUT2D eigenvalue weighted by Gasteiger charge is 2.24. The number of hydrogen-bond acceptors (Lipinski definition) is 4. The van der Waals surface area contributed by atoms with Gasteiger partial charge in [0.1, 0.15) is 11.5 Å². The van der Waals surface area contributed by atoms with E-state index in [0.717, 1.165) is 43.1 Å². The van der Waals surface area contributed by atoms with Crippen LogP contribution in [-0.4, -0.2) is 16.6 Å². The fourth-order valence-corrected chi connectivity index (χ4v) is 2.86. The topological polar surface area (TPSA) is 42.4 Å². The summed E-state index contributed by atoms with van der Waals surface area (Å²) in [6, 6.07) is 12.2. The molecule has 0 fully saturated rings. The molecule has 0 aliphatic carbocycles.